The van der Waals surface area contributed by atoms with Crippen LogP contribution in [-0.4, -0.2) is 32.8 Å². The number of halogens is 1. The zero-order valence-electron chi connectivity index (χ0n) is 15.2. The predicted octanol–water partition coefficient (Wildman–Crippen LogP) is 2.33. The molecule has 28 heavy (non-hydrogen) atoms. The van der Waals surface area contributed by atoms with Crippen LogP contribution in [0.25, 0.3) is 5.69 Å². The molecular formula is C19H17ClN4O4. The van der Waals surface area contributed by atoms with Gasteiger partial charge in [-0.2, -0.15) is 0 Å². The van der Waals surface area contributed by atoms with Gasteiger partial charge in [0, 0.05) is 13.2 Å². The Kier molecular flexibility index (Phi) is 5.60. The van der Waals surface area contributed by atoms with E-state index in [1.54, 1.807) is 30.8 Å². The molecule has 3 rings (SSSR count). The molecule has 0 radical (unpaired) electrons. The van der Waals surface area contributed by atoms with Crippen LogP contribution in [0.5, 0.6) is 0 Å². The lowest BCUT2D eigenvalue weighted by atomic mass is 10.3. The lowest BCUT2D eigenvalue weighted by molar-refractivity contribution is -0.119. The van der Waals surface area contributed by atoms with E-state index in [0.29, 0.717) is 11.4 Å². The van der Waals surface area contributed by atoms with Gasteiger partial charge < -0.3 is 10.1 Å². The van der Waals surface area contributed by atoms with E-state index in [1.165, 1.54) is 23.0 Å². The molecule has 0 saturated heterocycles. The minimum absolute atomic E-state index is 0.126. The molecule has 8 nitrogen and oxygen atoms in total. The summed E-state index contributed by atoms with van der Waals surface area (Å²) in [5, 5.41) is 2.76. The number of hydrogen-bond donors (Lipinski definition) is 1. The predicted molar refractivity (Wildman–Crippen MR) is 104 cm³/mol. The van der Waals surface area contributed by atoms with Crippen molar-refractivity contribution in [1.29, 1.82) is 0 Å². The van der Waals surface area contributed by atoms with E-state index >= 15 is 0 Å². The molecule has 0 spiro atoms. The molecule has 1 amide bonds. The van der Waals surface area contributed by atoms with Crippen LogP contribution in [0, 0.1) is 6.92 Å². The number of aromatic nitrogens is 3. The summed E-state index contributed by atoms with van der Waals surface area (Å²) in [7, 11) is 1.72. The Bertz CT molecular complexity index is 1070. The van der Waals surface area contributed by atoms with E-state index in [1.807, 2.05) is 18.2 Å². The second-order valence-corrected chi connectivity index (χ2v) is 6.32. The van der Waals surface area contributed by atoms with Gasteiger partial charge >= 0.3 is 5.97 Å². The minimum atomic E-state index is -0.717. The third kappa shape index (κ3) is 3.96. The molecule has 3 aromatic rings. The average molecular weight is 401 g/mol. The first-order chi connectivity index (χ1) is 13.4. The van der Waals surface area contributed by atoms with Gasteiger partial charge in [0.15, 0.2) is 6.61 Å². The largest absolute Gasteiger partial charge is 0.452 e. The van der Waals surface area contributed by atoms with Gasteiger partial charge in [-0.15, -0.1) is 0 Å². The van der Waals surface area contributed by atoms with E-state index in [9.17, 15) is 14.4 Å². The number of nitrogens with zero attached hydrogens (tertiary/aromatic N) is 3. The molecule has 2 aromatic heterocycles. The fraction of sp³-hybridized carbons (Fsp3) is 0.158. The van der Waals surface area contributed by atoms with E-state index in [0.717, 1.165) is 0 Å². The van der Waals surface area contributed by atoms with E-state index < -0.39 is 18.5 Å². The Hall–Kier alpha value is -3.39. The Morgan fingerprint density at radius 2 is 1.89 bits per heavy atom. The van der Waals surface area contributed by atoms with Crippen LogP contribution in [0.15, 0.2) is 53.5 Å². The fourth-order valence-electron chi connectivity index (χ4n) is 2.60. The van der Waals surface area contributed by atoms with Crippen LogP contribution in [0.2, 0.25) is 5.15 Å². The summed E-state index contributed by atoms with van der Waals surface area (Å²) in [6.07, 6.45) is 1.25. The van der Waals surface area contributed by atoms with Gasteiger partial charge in [-0.1, -0.05) is 29.8 Å². The number of hydrogen-bond acceptors (Lipinski definition) is 5. The van der Waals surface area contributed by atoms with Crippen LogP contribution in [0.4, 0.5) is 5.69 Å². The van der Waals surface area contributed by atoms with Gasteiger partial charge in [-0.05, 0) is 31.2 Å². The first kappa shape index (κ1) is 19.4. The van der Waals surface area contributed by atoms with Crippen molar-refractivity contribution < 1.29 is 14.3 Å². The number of benzene rings is 1. The monoisotopic (exact) mass is 400 g/mol. The average Bonchev–Trinajstić information content (AvgIpc) is 2.90. The lowest BCUT2D eigenvalue weighted by Crippen LogP contribution is -2.25. The quantitative estimate of drug-likeness (QED) is 0.524. The number of anilines is 1. The van der Waals surface area contributed by atoms with Gasteiger partial charge in [0.05, 0.1) is 16.9 Å². The molecule has 0 bridgehead atoms. The summed E-state index contributed by atoms with van der Waals surface area (Å²) >= 11 is 5.66. The van der Waals surface area contributed by atoms with Crippen LogP contribution >= 0.6 is 11.6 Å². The second kappa shape index (κ2) is 8.10. The first-order valence-corrected chi connectivity index (χ1v) is 8.69. The van der Waals surface area contributed by atoms with Crippen molar-refractivity contribution in [3.05, 3.63) is 75.4 Å². The Morgan fingerprint density at radius 1 is 1.18 bits per heavy atom. The number of para-hydroxylation sites is 1. The number of carbonyl (C=O) groups is 2. The molecule has 0 aliphatic heterocycles. The Labute approximate surface area is 165 Å². The Morgan fingerprint density at radius 3 is 2.54 bits per heavy atom. The molecule has 0 aliphatic carbocycles. The lowest BCUT2D eigenvalue weighted by Gasteiger charge is -2.07. The standard InChI is InChI=1S/C19H17ClN4O4/c1-12-17(18(26)24(23(12)2)14-6-4-3-5-7-14)22-16(25)11-28-19(27)13-8-9-15(20)21-10-13/h3-10H,11H2,1-2H3,(H,22,25). The zero-order chi connectivity index (χ0) is 20.3. The van der Waals surface area contributed by atoms with Crippen molar-refractivity contribution in [3.63, 3.8) is 0 Å². The number of nitrogens with one attached hydrogen (secondary N) is 1. The van der Waals surface area contributed by atoms with Crippen molar-refractivity contribution in [2.75, 3.05) is 11.9 Å². The van der Waals surface area contributed by atoms with Crippen molar-refractivity contribution in [3.8, 4) is 5.69 Å². The highest BCUT2D eigenvalue weighted by Gasteiger charge is 2.19. The molecular weight excluding hydrogens is 384 g/mol. The molecule has 0 unspecified atom stereocenters. The SMILES string of the molecule is Cc1c(NC(=O)COC(=O)c2ccc(Cl)nc2)c(=O)n(-c2ccccc2)n1C. The van der Waals surface area contributed by atoms with Gasteiger partial charge in [0.2, 0.25) is 0 Å². The summed E-state index contributed by atoms with van der Waals surface area (Å²) < 4.78 is 8.03. The van der Waals surface area contributed by atoms with Crippen LogP contribution in [-0.2, 0) is 16.6 Å². The number of ether oxygens (including phenoxy) is 1. The van der Waals surface area contributed by atoms with Crippen molar-refractivity contribution in [2.24, 2.45) is 7.05 Å². The van der Waals surface area contributed by atoms with Crippen molar-refractivity contribution >= 4 is 29.2 Å². The molecule has 144 valence electrons. The normalized spacial score (nSPS) is 10.5. The maximum Gasteiger partial charge on any atom is 0.340 e. The maximum atomic E-state index is 12.7. The zero-order valence-corrected chi connectivity index (χ0v) is 15.9. The van der Waals surface area contributed by atoms with Gasteiger partial charge in [0.1, 0.15) is 10.8 Å². The molecule has 0 atom stereocenters. The number of esters is 1. The third-order valence-corrected chi connectivity index (χ3v) is 4.34. The molecule has 2 heterocycles. The minimum Gasteiger partial charge on any atom is -0.452 e. The molecule has 9 heteroatoms. The van der Waals surface area contributed by atoms with Crippen molar-refractivity contribution in [1.82, 2.24) is 14.3 Å². The van der Waals surface area contributed by atoms with Gasteiger partial charge in [0.25, 0.3) is 11.5 Å². The van der Waals surface area contributed by atoms with Crippen LogP contribution in [0.1, 0.15) is 16.1 Å². The summed E-state index contributed by atoms with van der Waals surface area (Å²) in [4.78, 5) is 40.6. The third-order valence-electron chi connectivity index (χ3n) is 4.12. The van der Waals surface area contributed by atoms with Gasteiger partial charge in [-0.3, -0.25) is 14.3 Å². The molecule has 1 aromatic carbocycles. The van der Waals surface area contributed by atoms with Gasteiger partial charge in [-0.25, -0.2) is 14.5 Å². The smallest absolute Gasteiger partial charge is 0.340 e. The second-order valence-electron chi connectivity index (χ2n) is 5.93. The fourth-order valence-corrected chi connectivity index (χ4v) is 2.71. The summed E-state index contributed by atoms with van der Waals surface area (Å²) in [6, 6.07) is 11.9. The highest BCUT2D eigenvalue weighted by molar-refractivity contribution is 6.29. The number of carbonyl (C=O) groups excluding carboxylic acids is 2. The summed E-state index contributed by atoms with van der Waals surface area (Å²) in [5.74, 6) is -1.34. The number of pyridine rings is 1. The highest BCUT2D eigenvalue weighted by atomic mass is 35.5. The summed E-state index contributed by atoms with van der Waals surface area (Å²) in [6.45, 7) is 1.17. The van der Waals surface area contributed by atoms with Crippen molar-refractivity contribution in [2.45, 2.75) is 6.92 Å². The van der Waals surface area contributed by atoms with E-state index in [4.69, 9.17) is 16.3 Å². The van der Waals surface area contributed by atoms with E-state index in [2.05, 4.69) is 10.3 Å². The molecule has 0 aliphatic rings. The highest BCUT2D eigenvalue weighted by Crippen LogP contribution is 2.14. The van der Waals surface area contributed by atoms with Crippen LogP contribution in [0.3, 0.4) is 0 Å². The maximum absolute atomic E-state index is 12.7. The Balaban J connectivity index is 1.72. The molecule has 1 N–H and O–H groups in total. The molecule has 0 fully saturated rings. The van der Waals surface area contributed by atoms with Crippen LogP contribution < -0.4 is 10.9 Å². The molecule has 0 saturated carbocycles. The topological polar surface area (TPSA) is 95.2 Å². The number of rotatable bonds is 5. The first-order valence-electron chi connectivity index (χ1n) is 8.31. The van der Waals surface area contributed by atoms with E-state index in [-0.39, 0.29) is 22.0 Å². The number of amides is 1. The summed E-state index contributed by atoms with van der Waals surface area (Å²) in [5.41, 5.74) is 1.14.